The SMILES string of the molecule is CCn1c(CC(C)C)nnc1SCC(=O)Nc1ccc(Cl)cc1C. The van der Waals surface area contributed by atoms with Gasteiger partial charge in [0.25, 0.3) is 0 Å². The molecule has 1 heterocycles. The molecule has 0 atom stereocenters. The van der Waals surface area contributed by atoms with E-state index in [0.717, 1.165) is 35.2 Å². The van der Waals surface area contributed by atoms with Crippen LogP contribution >= 0.6 is 23.4 Å². The van der Waals surface area contributed by atoms with E-state index in [2.05, 4.69) is 40.9 Å². The normalized spacial score (nSPS) is 11.1. The zero-order valence-electron chi connectivity index (χ0n) is 14.5. The molecule has 1 N–H and O–H groups in total. The number of aromatic nitrogens is 3. The number of nitrogens with one attached hydrogen (secondary N) is 1. The Morgan fingerprint density at radius 2 is 2.12 bits per heavy atom. The smallest absolute Gasteiger partial charge is 0.234 e. The first-order valence-electron chi connectivity index (χ1n) is 8.01. The number of hydrogen-bond acceptors (Lipinski definition) is 4. The summed E-state index contributed by atoms with van der Waals surface area (Å²) < 4.78 is 2.07. The molecule has 24 heavy (non-hydrogen) atoms. The summed E-state index contributed by atoms with van der Waals surface area (Å²) in [6, 6.07) is 5.41. The molecule has 0 radical (unpaired) electrons. The van der Waals surface area contributed by atoms with Crippen molar-refractivity contribution in [3.8, 4) is 0 Å². The molecule has 0 bridgehead atoms. The van der Waals surface area contributed by atoms with Crippen molar-refractivity contribution in [2.24, 2.45) is 5.92 Å². The summed E-state index contributed by atoms with van der Waals surface area (Å²) in [6.07, 6.45) is 0.886. The fourth-order valence-electron chi connectivity index (χ4n) is 2.34. The van der Waals surface area contributed by atoms with Crippen LogP contribution in [0.4, 0.5) is 5.69 Å². The summed E-state index contributed by atoms with van der Waals surface area (Å²) >= 11 is 7.34. The van der Waals surface area contributed by atoms with Crippen molar-refractivity contribution in [3.05, 3.63) is 34.6 Å². The fourth-order valence-corrected chi connectivity index (χ4v) is 3.39. The van der Waals surface area contributed by atoms with Gasteiger partial charge in [-0.05, 0) is 43.5 Å². The molecule has 0 aliphatic carbocycles. The number of carbonyl (C=O) groups excluding carboxylic acids is 1. The molecule has 0 fully saturated rings. The van der Waals surface area contributed by atoms with E-state index < -0.39 is 0 Å². The van der Waals surface area contributed by atoms with Gasteiger partial charge in [0.1, 0.15) is 5.82 Å². The number of amides is 1. The molecule has 0 spiro atoms. The highest BCUT2D eigenvalue weighted by Crippen LogP contribution is 2.22. The van der Waals surface area contributed by atoms with E-state index in [9.17, 15) is 4.79 Å². The van der Waals surface area contributed by atoms with Crippen LogP contribution in [0.15, 0.2) is 23.4 Å². The lowest BCUT2D eigenvalue weighted by Crippen LogP contribution is -2.15. The molecule has 0 aliphatic rings. The molecule has 0 saturated carbocycles. The van der Waals surface area contributed by atoms with Gasteiger partial charge >= 0.3 is 0 Å². The van der Waals surface area contributed by atoms with E-state index in [0.29, 0.717) is 16.7 Å². The largest absolute Gasteiger partial charge is 0.325 e. The maximum absolute atomic E-state index is 12.2. The van der Waals surface area contributed by atoms with Crippen molar-refractivity contribution in [1.82, 2.24) is 14.8 Å². The molecular weight excluding hydrogens is 344 g/mol. The van der Waals surface area contributed by atoms with Gasteiger partial charge in [0.2, 0.25) is 5.91 Å². The Morgan fingerprint density at radius 3 is 2.75 bits per heavy atom. The maximum Gasteiger partial charge on any atom is 0.234 e. The molecule has 7 heteroatoms. The number of thioether (sulfide) groups is 1. The van der Waals surface area contributed by atoms with Crippen LogP contribution in [-0.2, 0) is 17.8 Å². The summed E-state index contributed by atoms with van der Waals surface area (Å²) in [7, 11) is 0. The lowest BCUT2D eigenvalue weighted by Gasteiger charge is -2.10. The van der Waals surface area contributed by atoms with Crippen molar-refractivity contribution in [3.63, 3.8) is 0 Å². The minimum absolute atomic E-state index is 0.0681. The number of carbonyl (C=O) groups is 1. The second-order valence-corrected chi connectivity index (χ2v) is 7.42. The Bertz CT molecular complexity index is 715. The molecule has 1 aromatic heterocycles. The predicted molar refractivity (Wildman–Crippen MR) is 99.8 cm³/mol. The summed E-state index contributed by atoms with van der Waals surface area (Å²) in [5.41, 5.74) is 1.72. The lowest BCUT2D eigenvalue weighted by molar-refractivity contribution is -0.113. The second-order valence-electron chi connectivity index (χ2n) is 6.04. The summed E-state index contributed by atoms with van der Waals surface area (Å²) in [5, 5.41) is 12.8. The fraction of sp³-hybridized carbons (Fsp3) is 0.471. The first kappa shape index (κ1) is 18.8. The maximum atomic E-state index is 12.2. The average Bonchev–Trinajstić information content (AvgIpc) is 2.89. The summed E-state index contributed by atoms with van der Waals surface area (Å²) in [4.78, 5) is 12.2. The number of rotatable bonds is 7. The van der Waals surface area contributed by atoms with Crippen molar-refractivity contribution in [1.29, 1.82) is 0 Å². The van der Waals surface area contributed by atoms with Crippen molar-refractivity contribution in [2.45, 2.75) is 45.8 Å². The Hall–Kier alpha value is -1.53. The van der Waals surface area contributed by atoms with E-state index in [-0.39, 0.29) is 5.91 Å². The Morgan fingerprint density at radius 1 is 1.38 bits per heavy atom. The van der Waals surface area contributed by atoms with Crippen LogP contribution in [0.1, 0.15) is 32.2 Å². The standard InChI is InChI=1S/C17H23ClN4OS/c1-5-22-15(8-11(2)3)20-21-17(22)24-10-16(23)19-14-7-6-13(18)9-12(14)4/h6-7,9,11H,5,8,10H2,1-4H3,(H,19,23). The highest BCUT2D eigenvalue weighted by molar-refractivity contribution is 7.99. The van der Waals surface area contributed by atoms with Gasteiger partial charge in [0.05, 0.1) is 5.75 Å². The zero-order chi connectivity index (χ0) is 17.7. The number of halogens is 1. The Balaban J connectivity index is 1.97. The van der Waals surface area contributed by atoms with Crippen molar-refractivity contribution < 1.29 is 4.79 Å². The molecule has 1 aromatic carbocycles. The Labute approximate surface area is 152 Å². The molecule has 2 rings (SSSR count). The third-order valence-corrected chi connectivity index (χ3v) is 4.70. The number of nitrogens with zero attached hydrogens (tertiary/aromatic N) is 3. The topological polar surface area (TPSA) is 59.8 Å². The van der Waals surface area contributed by atoms with Crippen molar-refractivity contribution >= 4 is 35.0 Å². The van der Waals surface area contributed by atoms with Gasteiger partial charge < -0.3 is 9.88 Å². The van der Waals surface area contributed by atoms with Crippen LogP contribution in [0, 0.1) is 12.8 Å². The first-order chi connectivity index (χ1) is 11.4. The third kappa shape index (κ3) is 4.98. The third-order valence-electron chi connectivity index (χ3n) is 3.50. The molecule has 0 aliphatic heterocycles. The van der Waals surface area contributed by atoms with Crippen LogP contribution in [0.2, 0.25) is 5.02 Å². The second kappa shape index (κ2) is 8.53. The monoisotopic (exact) mass is 366 g/mol. The lowest BCUT2D eigenvalue weighted by atomic mass is 10.1. The van der Waals surface area contributed by atoms with Crippen molar-refractivity contribution in [2.75, 3.05) is 11.1 Å². The summed E-state index contributed by atoms with van der Waals surface area (Å²) in [5.74, 6) is 1.72. The molecule has 0 saturated heterocycles. The van der Waals surface area contributed by atoms with Crippen LogP contribution < -0.4 is 5.32 Å². The minimum atomic E-state index is -0.0681. The Kier molecular flexibility index (Phi) is 6.69. The zero-order valence-corrected chi connectivity index (χ0v) is 16.0. The van der Waals surface area contributed by atoms with Gasteiger partial charge in [-0.25, -0.2) is 0 Å². The molecule has 5 nitrogen and oxygen atoms in total. The average molecular weight is 367 g/mol. The quantitative estimate of drug-likeness (QED) is 0.746. The van der Waals surface area contributed by atoms with Crippen LogP contribution in [0.3, 0.4) is 0 Å². The van der Waals surface area contributed by atoms with Gasteiger partial charge in [0.15, 0.2) is 5.16 Å². The molecule has 0 unspecified atom stereocenters. The molecule has 130 valence electrons. The van der Waals surface area contributed by atoms with Gasteiger partial charge in [-0.1, -0.05) is 37.2 Å². The van der Waals surface area contributed by atoms with E-state index in [1.54, 1.807) is 6.07 Å². The molecular formula is C17H23ClN4OS. The highest BCUT2D eigenvalue weighted by Gasteiger charge is 2.14. The highest BCUT2D eigenvalue weighted by atomic mass is 35.5. The minimum Gasteiger partial charge on any atom is -0.325 e. The van der Waals surface area contributed by atoms with Gasteiger partial charge in [-0.15, -0.1) is 10.2 Å². The van der Waals surface area contributed by atoms with E-state index in [1.165, 1.54) is 11.8 Å². The van der Waals surface area contributed by atoms with Gasteiger partial charge in [-0.3, -0.25) is 4.79 Å². The van der Waals surface area contributed by atoms with E-state index in [4.69, 9.17) is 11.6 Å². The predicted octanol–water partition coefficient (Wildman–Crippen LogP) is 4.19. The van der Waals surface area contributed by atoms with Gasteiger partial charge in [-0.2, -0.15) is 0 Å². The van der Waals surface area contributed by atoms with E-state index in [1.807, 2.05) is 19.1 Å². The van der Waals surface area contributed by atoms with Crippen LogP contribution in [0.25, 0.3) is 0 Å². The number of aryl methyl sites for hydroxylation is 1. The van der Waals surface area contributed by atoms with E-state index >= 15 is 0 Å². The number of anilines is 1. The van der Waals surface area contributed by atoms with Gasteiger partial charge in [0, 0.05) is 23.7 Å². The summed E-state index contributed by atoms with van der Waals surface area (Å²) in [6.45, 7) is 9.09. The van der Waals surface area contributed by atoms with Crippen LogP contribution in [0.5, 0.6) is 0 Å². The van der Waals surface area contributed by atoms with Crippen LogP contribution in [-0.4, -0.2) is 26.4 Å². The molecule has 2 aromatic rings. The number of benzene rings is 1. The first-order valence-corrected chi connectivity index (χ1v) is 9.38. The number of hydrogen-bond donors (Lipinski definition) is 1. The molecule has 1 amide bonds.